The fraction of sp³-hybridized carbons (Fsp3) is 0.438. The summed E-state index contributed by atoms with van der Waals surface area (Å²) in [6, 6.07) is 8.94. The highest BCUT2D eigenvalue weighted by Crippen LogP contribution is 2.19. The van der Waals surface area contributed by atoms with Gasteiger partial charge >= 0.3 is 0 Å². The van der Waals surface area contributed by atoms with Gasteiger partial charge in [-0.2, -0.15) is 5.10 Å². The van der Waals surface area contributed by atoms with Crippen LogP contribution < -0.4 is 5.32 Å². The first-order valence-electron chi connectivity index (χ1n) is 7.01. The molecule has 1 N–H and O–H groups in total. The molecule has 0 fully saturated rings. The number of allylic oxidation sites excluding steroid dienone is 1. The van der Waals surface area contributed by atoms with Crippen LogP contribution in [0.3, 0.4) is 0 Å². The highest BCUT2D eigenvalue weighted by molar-refractivity contribution is 5.81. The van der Waals surface area contributed by atoms with Crippen molar-refractivity contribution in [3.8, 4) is 0 Å². The zero-order valence-electron chi connectivity index (χ0n) is 11.9. The zero-order valence-corrected chi connectivity index (χ0v) is 11.9. The predicted octanol–water partition coefficient (Wildman–Crippen LogP) is 3.50. The summed E-state index contributed by atoms with van der Waals surface area (Å²) in [5, 5.41) is 9.45. The molecule has 0 amide bonds. The van der Waals surface area contributed by atoms with Crippen LogP contribution in [0.1, 0.15) is 32.4 Å². The first-order valence-corrected chi connectivity index (χ1v) is 7.01. The number of aromatic nitrogens is 2. The molecule has 0 unspecified atom stereocenters. The number of nitrogens with one attached hydrogen (secondary N) is 1. The molecule has 0 bridgehead atoms. The summed E-state index contributed by atoms with van der Waals surface area (Å²) >= 11 is 0. The first-order chi connectivity index (χ1) is 9.22. The molecule has 0 aliphatic heterocycles. The average Bonchev–Trinajstić information content (AvgIpc) is 2.76. The number of fused-ring (bicyclic) bond motifs is 1. The normalized spacial score (nSPS) is 11.3. The fourth-order valence-electron chi connectivity index (χ4n) is 2.18. The van der Waals surface area contributed by atoms with Crippen molar-refractivity contribution in [1.29, 1.82) is 0 Å². The van der Waals surface area contributed by atoms with Gasteiger partial charge in [-0.3, -0.25) is 4.68 Å². The molecule has 3 heteroatoms. The van der Waals surface area contributed by atoms with Crippen LogP contribution in [0.5, 0.6) is 0 Å². The van der Waals surface area contributed by atoms with E-state index in [9.17, 15) is 0 Å². The molecule has 0 saturated heterocycles. The molecule has 0 radical (unpaired) electrons. The van der Waals surface area contributed by atoms with Crippen LogP contribution in [-0.2, 0) is 13.1 Å². The van der Waals surface area contributed by atoms with Crippen LogP contribution in [0.15, 0.2) is 36.9 Å². The van der Waals surface area contributed by atoms with Crippen LogP contribution >= 0.6 is 0 Å². The lowest BCUT2D eigenvalue weighted by Gasteiger charge is -2.05. The number of unbranched alkanes of at least 4 members (excludes halogenated alkanes) is 1. The second-order valence-electron chi connectivity index (χ2n) is 5.15. The SMILES string of the molecule is C=CCCCn1nc(CNC(C)C)c2ccccc21. The number of hydrogen-bond donors (Lipinski definition) is 1. The number of nitrogens with zero attached hydrogens (tertiary/aromatic N) is 2. The second-order valence-corrected chi connectivity index (χ2v) is 5.15. The van der Waals surface area contributed by atoms with Crippen LogP contribution in [-0.4, -0.2) is 15.8 Å². The number of para-hydroxylation sites is 1. The Labute approximate surface area is 115 Å². The highest BCUT2D eigenvalue weighted by atomic mass is 15.3. The lowest BCUT2D eigenvalue weighted by Crippen LogP contribution is -2.22. The molecule has 0 atom stereocenters. The van der Waals surface area contributed by atoms with Gasteiger partial charge in [-0.15, -0.1) is 6.58 Å². The number of aryl methyl sites for hydroxylation is 1. The Morgan fingerprint density at radius 2 is 2.16 bits per heavy atom. The van der Waals surface area contributed by atoms with E-state index >= 15 is 0 Å². The third-order valence-corrected chi connectivity index (χ3v) is 3.19. The summed E-state index contributed by atoms with van der Waals surface area (Å²) in [6.07, 6.45) is 4.09. The largest absolute Gasteiger partial charge is 0.309 e. The van der Waals surface area contributed by atoms with Crippen molar-refractivity contribution < 1.29 is 0 Å². The summed E-state index contributed by atoms with van der Waals surface area (Å²) < 4.78 is 2.12. The Balaban J connectivity index is 2.23. The minimum Gasteiger partial charge on any atom is -0.309 e. The van der Waals surface area contributed by atoms with E-state index in [0.29, 0.717) is 6.04 Å². The van der Waals surface area contributed by atoms with Gasteiger partial charge in [0.25, 0.3) is 0 Å². The van der Waals surface area contributed by atoms with Gasteiger partial charge in [0.05, 0.1) is 11.2 Å². The van der Waals surface area contributed by atoms with Gasteiger partial charge in [0.1, 0.15) is 0 Å². The van der Waals surface area contributed by atoms with Crippen molar-refractivity contribution in [3.63, 3.8) is 0 Å². The molecular formula is C16H23N3. The molecule has 1 aromatic heterocycles. The standard InChI is InChI=1S/C16H23N3/c1-4-5-8-11-19-16-10-7-6-9-14(16)15(18-19)12-17-13(2)3/h4,6-7,9-10,13,17H,1,5,8,11-12H2,2-3H3. The first kappa shape index (κ1) is 13.8. The van der Waals surface area contributed by atoms with Gasteiger partial charge in [-0.1, -0.05) is 38.1 Å². The summed E-state index contributed by atoms with van der Waals surface area (Å²) in [7, 11) is 0. The predicted molar refractivity (Wildman–Crippen MR) is 81.1 cm³/mol. The molecule has 0 aliphatic carbocycles. The molecular weight excluding hydrogens is 234 g/mol. The van der Waals surface area contributed by atoms with E-state index in [2.05, 4.69) is 54.7 Å². The quantitative estimate of drug-likeness (QED) is 0.607. The summed E-state index contributed by atoms with van der Waals surface area (Å²) in [4.78, 5) is 0. The number of benzene rings is 1. The van der Waals surface area contributed by atoms with E-state index in [1.807, 2.05) is 6.08 Å². The van der Waals surface area contributed by atoms with Gasteiger partial charge in [0.2, 0.25) is 0 Å². The topological polar surface area (TPSA) is 29.9 Å². The molecule has 3 nitrogen and oxygen atoms in total. The van der Waals surface area contributed by atoms with Crippen LogP contribution in [0.2, 0.25) is 0 Å². The van der Waals surface area contributed by atoms with Gasteiger partial charge in [0.15, 0.2) is 0 Å². The van der Waals surface area contributed by atoms with Crippen molar-refractivity contribution in [2.24, 2.45) is 0 Å². The number of hydrogen-bond acceptors (Lipinski definition) is 2. The fourth-order valence-corrected chi connectivity index (χ4v) is 2.18. The van der Waals surface area contributed by atoms with Gasteiger partial charge in [-0.05, 0) is 18.9 Å². The summed E-state index contributed by atoms with van der Waals surface area (Å²) in [6.45, 7) is 9.86. The van der Waals surface area contributed by atoms with E-state index in [1.54, 1.807) is 0 Å². The molecule has 0 saturated carbocycles. The lowest BCUT2D eigenvalue weighted by atomic mass is 10.2. The Morgan fingerprint density at radius 1 is 1.37 bits per heavy atom. The maximum atomic E-state index is 4.75. The second kappa shape index (κ2) is 6.53. The molecule has 0 aliphatic rings. The van der Waals surface area contributed by atoms with E-state index in [0.717, 1.165) is 31.6 Å². The molecule has 102 valence electrons. The lowest BCUT2D eigenvalue weighted by molar-refractivity contribution is 0.556. The third kappa shape index (κ3) is 3.44. The van der Waals surface area contributed by atoms with Crippen LogP contribution in [0.4, 0.5) is 0 Å². The van der Waals surface area contributed by atoms with Crippen molar-refractivity contribution in [2.45, 2.75) is 45.8 Å². The third-order valence-electron chi connectivity index (χ3n) is 3.19. The van der Waals surface area contributed by atoms with Crippen molar-refractivity contribution in [3.05, 3.63) is 42.6 Å². The van der Waals surface area contributed by atoms with Crippen LogP contribution in [0, 0.1) is 0 Å². The monoisotopic (exact) mass is 257 g/mol. The van der Waals surface area contributed by atoms with Crippen molar-refractivity contribution >= 4 is 10.9 Å². The zero-order chi connectivity index (χ0) is 13.7. The minimum absolute atomic E-state index is 0.477. The highest BCUT2D eigenvalue weighted by Gasteiger charge is 2.09. The Hall–Kier alpha value is -1.61. The molecule has 1 heterocycles. The van der Waals surface area contributed by atoms with Gasteiger partial charge in [-0.25, -0.2) is 0 Å². The molecule has 1 aromatic carbocycles. The molecule has 0 spiro atoms. The maximum absolute atomic E-state index is 4.75. The Kier molecular flexibility index (Phi) is 4.74. The van der Waals surface area contributed by atoms with Crippen LogP contribution in [0.25, 0.3) is 10.9 Å². The maximum Gasteiger partial charge on any atom is 0.0841 e. The number of rotatable bonds is 7. The molecule has 2 rings (SSSR count). The van der Waals surface area contributed by atoms with Gasteiger partial charge < -0.3 is 5.32 Å². The van der Waals surface area contributed by atoms with Crippen molar-refractivity contribution in [2.75, 3.05) is 0 Å². The average molecular weight is 257 g/mol. The van der Waals surface area contributed by atoms with E-state index in [4.69, 9.17) is 5.10 Å². The van der Waals surface area contributed by atoms with Crippen molar-refractivity contribution in [1.82, 2.24) is 15.1 Å². The summed E-state index contributed by atoms with van der Waals surface area (Å²) in [5.74, 6) is 0. The van der Waals surface area contributed by atoms with Gasteiger partial charge in [0, 0.05) is 24.5 Å². The van der Waals surface area contributed by atoms with E-state index in [-0.39, 0.29) is 0 Å². The summed E-state index contributed by atoms with van der Waals surface area (Å²) in [5.41, 5.74) is 2.37. The van der Waals surface area contributed by atoms with E-state index in [1.165, 1.54) is 10.9 Å². The molecule has 19 heavy (non-hydrogen) atoms. The smallest absolute Gasteiger partial charge is 0.0841 e. The van der Waals surface area contributed by atoms with E-state index < -0.39 is 0 Å². The minimum atomic E-state index is 0.477. The Morgan fingerprint density at radius 3 is 2.89 bits per heavy atom. The molecule has 2 aromatic rings. The Bertz CT molecular complexity index is 540.